The molecule has 1 heterocycles. The molecule has 0 saturated heterocycles. The van der Waals surface area contributed by atoms with Crippen LogP contribution in [0.5, 0.6) is 5.75 Å². The van der Waals surface area contributed by atoms with Crippen molar-refractivity contribution >= 4 is 17.5 Å². The summed E-state index contributed by atoms with van der Waals surface area (Å²) in [6, 6.07) is 17.4. The highest BCUT2D eigenvalue weighted by Gasteiger charge is 2.35. The van der Waals surface area contributed by atoms with Gasteiger partial charge < -0.3 is 14.4 Å². The predicted molar refractivity (Wildman–Crippen MR) is 131 cm³/mol. The third kappa shape index (κ3) is 5.47. The van der Waals surface area contributed by atoms with Crippen LogP contribution >= 0.6 is 0 Å². The summed E-state index contributed by atoms with van der Waals surface area (Å²) in [5.41, 5.74) is 2.82. The van der Waals surface area contributed by atoms with E-state index in [1.807, 2.05) is 54.6 Å². The van der Waals surface area contributed by atoms with E-state index in [9.17, 15) is 9.59 Å². The lowest BCUT2D eigenvalue weighted by atomic mass is 9.98. The van der Waals surface area contributed by atoms with Gasteiger partial charge >= 0.3 is 0 Å². The van der Waals surface area contributed by atoms with E-state index >= 15 is 0 Å². The molecule has 0 bridgehead atoms. The van der Waals surface area contributed by atoms with Gasteiger partial charge in [0.15, 0.2) is 0 Å². The number of ether oxygens (including phenoxy) is 2. The first-order chi connectivity index (χ1) is 16.6. The van der Waals surface area contributed by atoms with Crippen LogP contribution in [0.4, 0.5) is 0 Å². The van der Waals surface area contributed by atoms with Gasteiger partial charge in [0, 0.05) is 26.0 Å². The molecule has 1 atom stereocenters. The largest absolute Gasteiger partial charge is 0.497 e. The van der Waals surface area contributed by atoms with Crippen LogP contribution in [0.3, 0.4) is 0 Å². The minimum atomic E-state index is -0.211. The SMILES string of the molecule is COCCN(CC(=O)N1N=C(c2ccc(OC)cc2)CC1c1ccccc1)C(=O)C1CCCC1. The second kappa shape index (κ2) is 11.3. The minimum Gasteiger partial charge on any atom is -0.497 e. The molecule has 2 aliphatic rings. The molecule has 1 aliphatic carbocycles. The molecular formula is C27H33N3O4. The lowest BCUT2D eigenvalue weighted by Crippen LogP contribution is -2.44. The highest BCUT2D eigenvalue weighted by Crippen LogP contribution is 2.33. The maximum atomic E-state index is 13.6. The average Bonchev–Trinajstić information content (AvgIpc) is 3.57. The summed E-state index contributed by atoms with van der Waals surface area (Å²) in [4.78, 5) is 28.4. The third-order valence-corrected chi connectivity index (χ3v) is 6.68. The molecule has 1 unspecified atom stereocenters. The van der Waals surface area contributed by atoms with E-state index in [1.54, 1.807) is 24.1 Å². The van der Waals surface area contributed by atoms with Crippen LogP contribution in [0.15, 0.2) is 59.7 Å². The number of hydrogen-bond acceptors (Lipinski definition) is 5. The normalized spacial score (nSPS) is 18.1. The zero-order chi connectivity index (χ0) is 23.9. The van der Waals surface area contributed by atoms with Crippen molar-refractivity contribution in [2.24, 2.45) is 11.0 Å². The molecule has 34 heavy (non-hydrogen) atoms. The summed E-state index contributed by atoms with van der Waals surface area (Å²) >= 11 is 0. The quantitative estimate of drug-likeness (QED) is 0.563. The van der Waals surface area contributed by atoms with Gasteiger partial charge in [0.2, 0.25) is 5.91 Å². The van der Waals surface area contributed by atoms with Gasteiger partial charge in [-0.1, -0.05) is 43.2 Å². The summed E-state index contributed by atoms with van der Waals surface area (Å²) in [6.45, 7) is 0.798. The van der Waals surface area contributed by atoms with E-state index in [-0.39, 0.29) is 30.3 Å². The van der Waals surface area contributed by atoms with Gasteiger partial charge in [-0.25, -0.2) is 5.01 Å². The number of benzene rings is 2. The Morgan fingerprint density at radius 3 is 2.38 bits per heavy atom. The summed E-state index contributed by atoms with van der Waals surface area (Å²) in [5, 5.41) is 6.32. The molecule has 7 nitrogen and oxygen atoms in total. The zero-order valence-electron chi connectivity index (χ0n) is 20.0. The molecule has 1 saturated carbocycles. The lowest BCUT2D eigenvalue weighted by Gasteiger charge is -2.28. The number of carbonyl (C=O) groups excluding carboxylic acids is 2. The Morgan fingerprint density at radius 2 is 1.74 bits per heavy atom. The first-order valence-corrected chi connectivity index (χ1v) is 12.0. The molecule has 2 aromatic rings. The van der Waals surface area contributed by atoms with Gasteiger partial charge in [-0.15, -0.1) is 0 Å². The first-order valence-electron chi connectivity index (χ1n) is 12.0. The van der Waals surface area contributed by atoms with E-state index in [0.29, 0.717) is 19.6 Å². The Balaban J connectivity index is 1.57. The van der Waals surface area contributed by atoms with Crippen molar-refractivity contribution in [2.75, 3.05) is 33.9 Å². The number of nitrogens with zero attached hydrogens (tertiary/aromatic N) is 3. The molecule has 180 valence electrons. The molecule has 2 amide bonds. The number of methoxy groups -OCH3 is 2. The smallest absolute Gasteiger partial charge is 0.262 e. The molecule has 0 radical (unpaired) electrons. The molecule has 1 aliphatic heterocycles. The monoisotopic (exact) mass is 463 g/mol. The van der Waals surface area contributed by atoms with E-state index in [4.69, 9.17) is 14.6 Å². The number of carbonyl (C=O) groups is 2. The van der Waals surface area contributed by atoms with Crippen molar-refractivity contribution in [1.29, 1.82) is 0 Å². The maximum Gasteiger partial charge on any atom is 0.262 e. The van der Waals surface area contributed by atoms with Crippen LogP contribution in [0, 0.1) is 5.92 Å². The van der Waals surface area contributed by atoms with Crippen molar-refractivity contribution in [1.82, 2.24) is 9.91 Å². The molecule has 0 spiro atoms. The van der Waals surface area contributed by atoms with Gasteiger partial charge in [-0.3, -0.25) is 9.59 Å². The van der Waals surface area contributed by atoms with E-state index < -0.39 is 0 Å². The van der Waals surface area contributed by atoms with E-state index in [1.165, 1.54) is 0 Å². The Hall–Kier alpha value is -3.19. The van der Waals surface area contributed by atoms with Gasteiger partial charge in [0.25, 0.3) is 5.91 Å². The summed E-state index contributed by atoms with van der Waals surface area (Å²) in [6.07, 6.45) is 4.54. The van der Waals surface area contributed by atoms with Crippen LogP contribution < -0.4 is 4.74 Å². The van der Waals surface area contributed by atoms with Crippen molar-refractivity contribution in [2.45, 2.75) is 38.1 Å². The highest BCUT2D eigenvalue weighted by molar-refractivity contribution is 6.03. The fourth-order valence-corrected chi connectivity index (χ4v) is 4.77. The minimum absolute atomic E-state index is 0.00141. The van der Waals surface area contributed by atoms with Crippen molar-refractivity contribution < 1.29 is 19.1 Å². The topological polar surface area (TPSA) is 71.4 Å². The molecule has 2 aromatic carbocycles. The Morgan fingerprint density at radius 1 is 1.03 bits per heavy atom. The fraction of sp³-hybridized carbons (Fsp3) is 0.444. The van der Waals surface area contributed by atoms with Crippen molar-refractivity contribution in [3.8, 4) is 5.75 Å². The molecular weight excluding hydrogens is 430 g/mol. The zero-order valence-corrected chi connectivity index (χ0v) is 20.0. The van der Waals surface area contributed by atoms with Gasteiger partial charge in [0.1, 0.15) is 12.3 Å². The molecule has 4 rings (SSSR count). The van der Waals surface area contributed by atoms with Crippen molar-refractivity contribution in [3.63, 3.8) is 0 Å². The predicted octanol–water partition coefficient (Wildman–Crippen LogP) is 4.04. The van der Waals surface area contributed by atoms with E-state index in [0.717, 1.165) is 48.3 Å². The summed E-state index contributed by atoms with van der Waals surface area (Å²) in [7, 11) is 3.24. The first kappa shape index (κ1) is 24.0. The van der Waals surface area contributed by atoms with Crippen LogP contribution in [-0.2, 0) is 14.3 Å². The van der Waals surface area contributed by atoms with Crippen LogP contribution in [0.2, 0.25) is 0 Å². The summed E-state index contributed by atoms with van der Waals surface area (Å²) in [5.74, 6) is 0.651. The third-order valence-electron chi connectivity index (χ3n) is 6.68. The molecule has 1 fully saturated rings. The molecule has 0 N–H and O–H groups in total. The number of hydrogen-bond donors (Lipinski definition) is 0. The van der Waals surface area contributed by atoms with Gasteiger partial charge in [-0.2, -0.15) is 5.10 Å². The van der Waals surface area contributed by atoms with Crippen LogP contribution in [0.1, 0.15) is 49.3 Å². The Bertz CT molecular complexity index is 1000. The highest BCUT2D eigenvalue weighted by atomic mass is 16.5. The number of hydrazone groups is 1. The van der Waals surface area contributed by atoms with Gasteiger partial charge in [0.05, 0.1) is 25.5 Å². The summed E-state index contributed by atoms with van der Waals surface area (Å²) < 4.78 is 10.5. The lowest BCUT2D eigenvalue weighted by molar-refractivity contribution is -0.144. The van der Waals surface area contributed by atoms with Crippen LogP contribution in [0.25, 0.3) is 0 Å². The van der Waals surface area contributed by atoms with Gasteiger partial charge in [-0.05, 0) is 48.2 Å². The maximum absolute atomic E-state index is 13.6. The average molecular weight is 464 g/mol. The number of rotatable bonds is 9. The second-order valence-corrected chi connectivity index (χ2v) is 8.88. The van der Waals surface area contributed by atoms with Crippen LogP contribution in [-0.4, -0.2) is 61.4 Å². The second-order valence-electron chi connectivity index (χ2n) is 8.88. The fourth-order valence-electron chi connectivity index (χ4n) is 4.77. The number of amides is 2. The Kier molecular flexibility index (Phi) is 7.95. The standard InChI is InChI=1S/C27H33N3O4/c1-33-17-16-29(27(32)22-10-6-7-11-22)19-26(31)30-25(21-8-4-3-5-9-21)18-24(28-30)20-12-14-23(34-2)15-13-20/h3-5,8-9,12-15,22,25H,6-7,10-11,16-19H2,1-2H3. The Labute approximate surface area is 201 Å². The molecule has 7 heteroatoms. The van der Waals surface area contributed by atoms with Crippen molar-refractivity contribution in [3.05, 3.63) is 65.7 Å². The van der Waals surface area contributed by atoms with E-state index in [2.05, 4.69) is 0 Å². The molecule has 0 aromatic heterocycles.